The average Bonchev–Trinajstić information content (AvgIpc) is 2.83. The van der Waals surface area contributed by atoms with Gasteiger partial charge in [-0.2, -0.15) is 0 Å². The Bertz CT molecular complexity index is 454. The van der Waals surface area contributed by atoms with Gasteiger partial charge in [-0.05, 0) is 24.7 Å². The number of epoxide rings is 1. The number of esters is 1. The van der Waals surface area contributed by atoms with E-state index in [1.54, 1.807) is 0 Å². The maximum atomic E-state index is 12.3. The van der Waals surface area contributed by atoms with Gasteiger partial charge in [0, 0.05) is 5.92 Å². The van der Waals surface area contributed by atoms with E-state index in [-0.39, 0.29) is 41.7 Å². The van der Waals surface area contributed by atoms with Gasteiger partial charge in [0.2, 0.25) is 0 Å². The molecular weight excluding hydrogens is 220 g/mol. The fourth-order valence-electron chi connectivity index (χ4n) is 4.32. The van der Waals surface area contributed by atoms with Crippen LogP contribution in [0.4, 0.5) is 0 Å². The van der Waals surface area contributed by atoms with Crippen molar-refractivity contribution in [2.45, 2.75) is 25.0 Å². The molecule has 3 aliphatic carbocycles. The number of fused-ring (bicyclic) bond motifs is 6. The molecule has 17 heavy (non-hydrogen) atoms. The Morgan fingerprint density at radius 3 is 3.12 bits per heavy atom. The van der Waals surface area contributed by atoms with Crippen LogP contribution in [0.3, 0.4) is 0 Å². The molecular formula is C13H14O4. The number of allylic oxidation sites excluding steroid dienone is 2. The van der Waals surface area contributed by atoms with Gasteiger partial charge in [-0.25, -0.2) is 0 Å². The summed E-state index contributed by atoms with van der Waals surface area (Å²) in [5.74, 6) is 0.0923. The number of carbonyl (C=O) groups excluding carboxylic acids is 2. The van der Waals surface area contributed by atoms with Gasteiger partial charge in [-0.1, -0.05) is 12.2 Å². The van der Waals surface area contributed by atoms with E-state index in [1.807, 2.05) is 0 Å². The van der Waals surface area contributed by atoms with Crippen molar-refractivity contribution in [3.05, 3.63) is 12.2 Å². The molecule has 0 radical (unpaired) electrons. The monoisotopic (exact) mass is 234 g/mol. The van der Waals surface area contributed by atoms with Crippen molar-refractivity contribution in [1.29, 1.82) is 0 Å². The predicted octanol–water partition coefficient (Wildman–Crippen LogP) is 0.708. The molecule has 0 N–H and O–H groups in total. The van der Waals surface area contributed by atoms with E-state index in [0.29, 0.717) is 6.42 Å². The normalized spacial score (nSPS) is 53.2. The summed E-state index contributed by atoms with van der Waals surface area (Å²) in [5, 5.41) is 0. The van der Waals surface area contributed by atoms with Crippen LogP contribution in [-0.4, -0.2) is 31.1 Å². The second-order valence-corrected chi connectivity index (χ2v) is 5.60. The molecule has 6 atom stereocenters. The minimum Gasteiger partial charge on any atom is -0.469 e. The molecule has 90 valence electrons. The summed E-state index contributed by atoms with van der Waals surface area (Å²) in [6.45, 7) is 0. The second kappa shape index (κ2) is 2.80. The minimum atomic E-state index is -0.622. The summed E-state index contributed by atoms with van der Waals surface area (Å²) in [6.07, 6.45) is 5.50. The maximum absolute atomic E-state index is 12.3. The highest BCUT2D eigenvalue weighted by Crippen LogP contribution is 2.64. The highest BCUT2D eigenvalue weighted by atomic mass is 16.6. The van der Waals surface area contributed by atoms with Gasteiger partial charge in [0.25, 0.3) is 0 Å². The lowest BCUT2D eigenvalue weighted by atomic mass is 9.60. The van der Waals surface area contributed by atoms with Crippen molar-refractivity contribution in [1.82, 2.24) is 0 Å². The van der Waals surface area contributed by atoms with E-state index in [2.05, 4.69) is 12.2 Å². The zero-order valence-electron chi connectivity index (χ0n) is 9.59. The van der Waals surface area contributed by atoms with Gasteiger partial charge in [0.05, 0.1) is 18.6 Å². The average molecular weight is 234 g/mol. The molecule has 0 aromatic carbocycles. The smallest absolute Gasteiger partial charge is 0.313 e. The van der Waals surface area contributed by atoms with Crippen LogP contribution in [0.25, 0.3) is 0 Å². The Morgan fingerprint density at radius 1 is 1.53 bits per heavy atom. The van der Waals surface area contributed by atoms with Crippen molar-refractivity contribution in [2.24, 2.45) is 23.2 Å². The zero-order valence-corrected chi connectivity index (χ0v) is 9.59. The van der Waals surface area contributed by atoms with Crippen molar-refractivity contribution < 1.29 is 19.1 Å². The predicted molar refractivity (Wildman–Crippen MR) is 57.0 cm³/mol. The number of rotatable bonds is 1. The van der Waals surface area contributed by atoms with Gasteiger partial charge in [-0.3, -0.25) is 9.59 Å². The van der Waals surface area contributed by atoms with Crippen molar-refractivity contribution in [3.8, 4) is 0 Å². The number of Topliss-reactive ketones (excluding diaryl/α,β-unsaturated/α-hetero) is 1. The third-order valence-corrected chi connectivity index (χ3v) is 5.04. The Morgan fingerprint density at radius 2 is 2.35 bits per heavy atom. The van der Waals surface area contributed by atoms with Crippen LogP contribution in [0.5, 0.6) is 0 Å². The first-order valence-electron chi connectivity index (χ1n) is 6.14. The van der Waals surface area contributed by atoms with E-state index >= 15 is 0 Å². The molecule has 4 rings (SSSR count). The van der Waals surface area contributed by atoms with Crippen molar-refractivity contribution in [2.75, 3.05) is 7.11 Å². The summed E-state index contributed by atoms with van der Waals surface area (Å²) in [5.41, 5.74) is -0.622. The first kappa shape index (κ1) is 9.83. The molecule has 0 unspecified atom stereocenters. The Hall–Kier alpha value is -1.16. The van der Waals surface area contributed by atoms with E-state index in [0.717, 1.165) is 6.42 Å². The largest absolute Gasteiger partial charge is 0.469 e. The molecule has 2 bridgehead atoms. The number of ketones is 1. The first-order valence-corrected chi connectivity index (χ1v) is 6.14. The molecule has 0 aromatic heterocycles. The molecule has 0 amide bonds. The molecule has 1 aliphatic heterocycles. The third kappa shape index (κ3) is 0.947. The minimum absolute atomic E-state index is 0.0365. The van der Waals surface area contributed by atoms with Crippen LogP contribution >= 0.6 is 0 Å². The Balaban J connectivity index is 1.85. The highest BCUT2D eigenvalue weighted by molar-refractivity contribution is 5.97. The summed E-state index contributed by atoms with van der Waals surface area (Å²) in [7, 11) is 1.41. The van der Waals surface area contributed by atoms with Gasteiger partial charge >= 0.3 is 5.97 Å². The van der Waals surface area contributed by atoms with Gasteiger partial charge < -0.3 is 9.47 Å². The second-order valence-electron chi connectivity index (χ2n) is 5.60. The Kier molecular flexibility index (Phi) is 1.62. The van der Waals surface area contributed by atoms with Crippen molar-refractivity contribution in [3.63, 3.8) is 0 Å². The maximum Gasteiger partial charge on any atom is 0.313 e. The third-order valence-electron chi connectivity index (χ3n) is 5.04. The van der Waals surface area contributed by atoms with Crippen LogP contribution in [-0.2, 0) is 19.1 Å². The van der Waals surface area contributed by atoms with Crippen LogP contribution in [0.15, 0.2) is 12.2 Å². The lowest BCUT2D eigenvalue weighted by Gasteiger charge is -2.40. The molecule has 2 saturated carbocycles. The fourth-order valence-corrected chi connectivity index (χ4v) is 4.32. The number of hydrogen-bond donors (Lipinski definition) is 0. The highest BCUT2D eigenvalue weighted by Gasteiger charge is 2.72. The van der Waals surface area contributed by atoms with Gasteiger partial charge in [-0.15, -0.1) is 0 Å². The Labute approximate surface area is 99.0 Å². The first-order chi connectivity index (χ1) is 8.18. The van der Waals surface area contributed by atoms with Crippen molar-refractivity contribution >= 4 is 11.8 Å². The van der Waals surface area contributed by atoms with E-state index in [4.69, 9.17) is 9.47 Å². The molecule has 4 heteroatoms. The summed E-state index contributed by atoms with van der Waals surface area (Å²) in [6, 6.07) is 0. The topological polar surface area (TPSA) is 55.9 Å². The van der Waals surface area contributed by atoms with E-state index in [1.165, 1.54) is 7.11 Å². The molecule has 3 fully saturated rings. The fraction of sp³-hybridized carbons (Fsp3) is 0.692. The lowest BCUT2D eigenvalue weighted by molar-refractivity contribution is -0.163. The molecule has 1 heterocycles. The summed E-state index contributed by atoms with van der Waals surface area (Å²) < 4.78 is 10.4. The van der Waals surface area contributed by atoms with Crippen LogP contribution < -0.4 is 0 Å². The molecule has 0 spiro atoms. The van der Waals surface area contributed by atoms with E-state index in [9.17, 15) is 9.59 Å². The summed E-state index contributed by atoms with van der Waals surface area (Å²) >= 11 is 0. The van der Waals surface area contributed by atoms with Gasteiger partial charge in [0.1, 0.15) is 6.10 Å². The summed E-state index contributed by atoms with van der Waals surface area (Å²) in [4.78, 5) is 24.5. The number of ether oxygens (including phenoxy) is 2. The number of hydrogen-bond acceptors (Lipinski definition) is 4. The number of methoxy groups -OCH3 is 1. The molecule has 4 nitrogen and oxygen atoms in total. The quantitative estimate of drug-likeness (QED) is 0.381. The zero-order chi connectivity index (χ0) is 11.8. The lowest BCUT2D eigenvalue weighted by Crippen LogP contribution is -2.51. The SMILES string of the molecule is COC(=O)[C@]12C[C@@H]3O[C@@H]3C(=O)[C@H]1[C@H]1C=C[C@@H]2C1. The molecule has 4 aliphatic rings. The van der Waals surface area contributed by atoms with Gasteiger partial charge in [0.15, 0.2) is 5.78 Å². The standard InChI is InChI=1S/C13H14O4/c1-16-12(15)13-5-8-11(17-8)10(14)9(13)6-2-3-7(13)4-6/h2-3,6-9,11H,4-5H2,1H3/t6-,7+,8-,9+,11-,13-/m0/s1. The molecule has 1 saturated heterocycles. The number of carbonyl (C=O) groups is 2. The van der Waals surface area contributed by atoms with Crippen LogP contribution in [0.1, 0.15) is 12.8 Å². The van der Waals surface area contributed by atoms with Crippen LogP contribution in [0, 0.1) is 23.2 Å². The molecule has 0 aromatic rings. The van der Waals surface area contributed by atoms with Crippen LogP contribution in [0.2, 0.25) is 0 Å². The van der Waals surface area contributed by atoms with E-state index < -0.39 is 5.41 Å².